The maximum absolute atomic E-state index is 4.24. The van der Waals surface area contributed by atoms with Crippen molar-refractivity contribution in [2.24, 2.45) is 0 Å². The SMILES string of the molecule is C.CC.CC.Cc1cnc2[nH]ccc2n1. The fourth-order valence-corrected chi connectivity index (χ4v) is 0.923. The standard InChI is InChI=1S/C7H7N3.2C2H6.CH4/c1-5-4-9-7-6(10-5)2-3-8-7;2*1-2;/h2-4H,1H3,(H,8,9);2*1-2H3;1H4. The van der Waals surface area contributed by atoms with Gasteiger partial charge in [-0.1, -0.05) is 35.1 Å². The fourth-order valence-electron chi connectivity index (χ4n) is 0.923. The molecule has 2 aromatic rings. The van der Waals surface area contributed by atoms with E-state index in [0.29, 0.717) is 0 Å². The van der Waals surface area contributed by atoms with Crippen LogP contribution in [0.2, 0.25) is 0 Å². The molecule has 0 amide bonds. The molecule has 0 atom stereocenters. The van der Waals surface area contributed by atoms with Crippen LogP contribution in [0.3, 0.4) is 0 Å². The Hall–Kier alpha value is -1.38. The highest BCUT2D eigenvalue weighted by Crippen LogP contribution is 2.04. The fraction of sp³-hybridized carbons (Fsp3) is 0.500. The van der Waals surface area contributed by atoms with Gasteiger partial charge in [0.05, 0.1) is 11.9 Å². The smallest absolute Gasteiger partial charge is 0.155 e. The lowest BCUT2D eigenvalue weighted by atomic mass is 10.4. The third kappa shape index (κ3) is 4.58. The normalized spacial score (nSPS) is 7.80. The molecule has 2 aromatic heterocycles. The van der Waals surface area contributed by atoms with E-state index in [1.54, 1.807) is 6.20 Å². The van der Waals surface area contributed by atoms with Crippen molar-refractivity contribution in [3.8, 4) is 0 Å². The van der Waals surface area contributed by atoms with Crippen molar-refractivity contribution < 1.29 is 0 Å². The predicted octanol–water partition coefficient (Wildman–Crippen LogP) is 3.95. The summed E-state index contributed by atoms with van der Waals surface area (Å²) in [5.74, 6) is 0. The summed E-state index contributed by atoms with van der Waals surface area (Å²) in [5.41, 5.74) is 2.73. The van der Waals surface area contributed by atoms with Crippen LogP contribution < -0.4 is 0 Å². The Morgan fingerprint density at radius 3 is 2.33 bits per heavy atom. The first-order chi connectivity index (χ1) is 6.86. The summed E-state index contributed by atoms with van der Waals surface area (Å²) in [4.78, 5) is 11.3. The second-order valence-corrected chi connectivity index (χ2v) is 2.22. The van der Waals surface area contributed by atoms with Gasteiger partial charge < -0.3 is 4.98 Å². The van der Waals surface area contributed by atoms with Crippen molar-refractivity contribution in [1.29, 1.82) is 0 Å². The lowest BCUT2D eigenvalue weighted by Gasteiger charge is -1.88. The second-order valence-electron chi connectivity index (χ2n) is 2.22. The van der Waals surface area contributed by atoms with E-state index < -0.39 is 0 Å². The third-order valence-corrected chi connectivity index (χ3v) is 1.38. The third-order valence-electron chi connectivity index (χ3n) is 1.38. The van der Waals surface area contributed by atoms with E-state index >= 15 is 0 Å². The number of nitrogens with zero attached hydrogens (tertiary/aromatic N) is 2. The van der Waals surface area contributed by atoms with E-state index in [4.69, 9.17) is 0 Å². The van der Waals surface area contributed by atoms with Crippen LogP contribution in [0.5, 0.6) is 0 Å². The molecule has 0 saturated heterocycles. The number of hydrogen-bond acceptors (Lipinski definition) is 2. The summed E-state index contributed by atoms with van der Waals surface area (Å²) in [6.07, 6.45) is 3.59. The summed E-state index contributed by atoms with van der Waals surface area (Å²) >= 11 is 0. The van der Waals surface area contributed by atoms with Crippen LogP contribution in [0.25, 0.3) is 11.2 Å². The average Bonchev–Trinajstić information content (AvgIpc) is 2.71. The van der Waals surface area contributed by atoms with Gasteiger partial charge in [0.1, 0.15) is 5.52 Å². The molecule has 0 unspecified atom stereocenters. The van der Waals surface area contributed by atoms with Gasteiger partial charge in [0.25, 0.3) is 0 Å². The lowest BCUT2D eigenvalue weighted by molar-refractivity contribution is 1.17. The number of hydrogen-bond donors (Lipinski definition) is 1. The van der Waals surface area contributed by atoms with Gasteiger partial charge in [-0.2, -0.15) is 0 Å². The number of rotatable bonds is 0. The molecule has 0 aliphatic heterocycles. The average molecular weight is 209 g/mol. The molecule has 0 aromatic carbocycles. The summed E-state index contributed by atoms with van der Waals surface area (Å²) in [6, 6.07) is 1.91. The minimum Gasteiger partial charge on any atom is -0.345 e. The Morgan fingerprint density at radius 2 is 1.73 bits per heavy atom. The van der Waals surface area contributed by atoms with Gasteiger partial charge >= 0.3 is 0 Å². The Bertz CT molecular complexity index is 352. The molecule has 0 radical (unpaired) electrons. The zero-order valence-corrected chi connectivity index (χ0v) is 9.63. The van der Waals surface area contributed by atoms with Crippen molar-refractivity contribution >= 4 is 11.2 Å². The molecule has 2 rings (SSSR count). The van der Waals surface area contributed by atoms with Crippen LogP contribution in [0.4, 0.5) is 0 Å². The number of fused-ring (bicyclic) bond motifs is 1. The van der Waals surface area contributed by atoms with Gasteiger partial charge in [-0.3, -0.25) is 0 Å². The maximum atomic E-state index is 4.24. The minimum atomic E-state index is 0. The van der Waals surface area contributed by atoms with Crippen LogP contribution >= 0.6 is 0 Å². The molecule has 2 heterocycles. The van der Waals surface area contributed by atoms with Crippen molar-refractivity contribution in [3.63, 3.8) is 0 Å². The summed E-state index contributed by atoms with van der Waals surface area (Å²) < 4.78 is 0. The topological polar surface area (TPSA) is 41.6 Å². The van der Waals surface area contributed by atoms with E-state index in [-0.39, 0.29) is 7.43 Å². The van der Waals surface area contributed by atoms with Gasteiger partial charge in [0.15, 0.2) is 5.65 Å². The van der Waals surface area contributed by atoms with Gasteiger partial charge in [0, 0.05) is 6.20 Å². The van der Waals surface area contributed by atoms with Crippen LogP contribution in [0.1, 0.15) is 40.8 Å². The highest BCUT2D eigenvalue weighted by molar-refractivity contribution is 5.69. The number of H-pyrrole nitrogens is 1. The van der Waals surface area contributed by atoms with E-state index in [0.717, 1.165) is 16.9 Å². The summed E-state index contributed by atoms with van der Waals surface area (Å²) in [5, 5.41) is 0. The molecular formula is C12H23N3. The van der Waals surface area contributed by atoms with Gasteiger partial charge in [-0.15, -0.1) is 0 Å². The van der Waals surface area contributed by atoms with Crippen LogP contribution in [-0.4, -0.2) is 15.0 Å². The molecule has 0 spiro atoms. The monoisotopic (exact) mass is 209 g/mol. The molecule has 0 saturated carbocycles. The van der Waals surface area contributed by atoms with E-state index in [9.17, 15) is 0 Å². The number of aromatic nitrogens is 3. The van der Waals surface area contributed by atoms with Crippen LogP contribution in [-0.2, 0) is 0 Å². The van der Waals surface area contributed by atoms with Crippen LogP contribution in [0, 0.1) is 6.92 Å². The van der Waals surface area contributed by atoms with Gasteiger partial charge in [-0.05, 0) is 13.0 Å². The molecule has 3 nitrogen and oxygen atoms in total. The van der Waals surface area contributed by atoms with E-state index in [2.05, 4.69) is 15.0 Å². The molecule has 15 heavy (non-hydrogen) atoms. The quantitative estimate of drug-likeness (QED) is 0.713. The zero-order valence-electron chi connectivity index (χ0n) is 9.63. The zero-order chi connectivity index (χ0) is 11.0. The summed E-state index contributed by atoms with van der Waals surface area (Å²) in [7, 11) is 0. The highest BCUT2D eigenvalue weighted by atomic mass is 14.9. The maximum Gasteiger partial charge on any atom is 0.155 e. The lowest BCUT2D eigenvalue weighted by Crippen LogP contribution is -1.83. The Balaban J connectivity index is 0. The first-order valence-corrected chi connectivity index (χ1v) is 5.13. The van der Waals surface area contributed by atoms with Crippen LogP contribution in [0.15, 0.2) is 18.5 Å². The van der Waals surface area contributed by atoms with Crippen molar-refractivity contribution in [2.75, 3.05) is 0 Å². The molecular weight excluding hydrogens is 186 g/mol. The molecule has 0 fully saturated rings. The van der Waals surface area contributed by atoms with E-state index in [1.807, 2.05) is 46.9 Å². The minimum absolute atomic E-state index is 0. The molecule has 0 aliphatic carbocycles. The second kappa shape index (κ2) is 9.19. The van der Waals surface area contributed by atoms with Crippen molar-refractivity contribution in [3.05, 3.63) is 24.2 Å². The Kier molecular flexibility index (Phi) is 9.84. The predicted molar refractivity (Wildman–Crippen MR) is 68.1 cm³/mol. The number of nitrogens with one attached hydrogen (secondary N) is 1. The largest absolute Gasteiger partial charge is 0.345 e. The first kappa shape index (κ1) is 16.1. The molecule has 0 bridgehead atoms. The number of aromatic amines is 1. The first-order valence-electron chi connectivity index (χ1n) is 5.13. The summed E-state index contributed by atoms with van der Waals surface area (Å²) in [6.45, 7) is 9.93. The highest BCUT2D eigenvalue weighted by Gasteiger charge is 1.94. The van der Waals surface area contributed by atoms with E-state index in [1.165, 1.54) is 0 Å². The molecule has 86 valence electrons. The van der Waals surface area contributed by atoms with Gasteiger partial charge in [-0.25, -0.2) is 9.97 Å². The molecule has 1 N–H and O–H groups in total. The Morgan fingerprint density at radius 1 is 1.13 bits per heavy atom. The number of aryl methyl sites for hydroxylation is 1. The van der Waals surface area contributed by atoms with Gasteiger partial charge in [0.2, 0.25) is 0 Å². The van der Waals surface area contributed by atoms with Crippen molar-refractivity contribution in [2.45, 2.75) is 42.0 Å². The van der Waals surface area contributed by atoms with Crippen molar-refractivity contribution in [1.82, 2.24) is 15.0 Å². The molecule has 0 aliphatic rings. The molecule has 3 heteroatoms. The Labute approximate surface area is 93.0 Å².